The SMILES string of the molecule is COc1cc2ncnc(Nc3ccc(OCc4ccccc4)cc3)c2cc1NCC(C)NCCS(C)(=O)=O. The lowest BCUT2D eigenvalue weighted by Crippen LogP contribution is -2.35. The highest BCUT2D eigenvalue weighted by atomic mass is 32.2. The minimum Gasteiger partial charge on any atom is -0.495 e. The van der Waals surface area contributed by atoms with Crippen LogP contribution in [0, 0.1) is 0 Å². The molecule has 0 radical (unpaired) electrons. The maximum atomic E-state index is 11.4. The van der Waals surface area contributed by atoms with Gasteiger partial charge in [-0.05, 0) is 42.8 Å². The zero-order valence-corrected chi connectivity index (χ0v) is 22.6. The van der Waals surface area contributed by atoms with Crippen LogP contribution in [0.1, 0.15) is 12.5 Å². The van der Waals surface area contributed by atoms with Crippen molar-refractivity contribution in [2.24, 2.45) is 0 Å². The highest BCUT2D eigenvalue weighted by Crippen LogP contribution is 2.33. The summed E-state index contributed by atoms with van der Waals surface area (Å²) in [4.78, 5) is 8.88. The summed E-state index contributed by atoms with van der Waals surface area (Å²) in [6, 6.07) is 21.6. The van der Waals surface area contributed by atoms with Crippen molar-refractivity contribution in [3.63, 3.8) is 0 Å². The van der Waals surface area contributed by atoms with Crippen LogP contribution in [-0.2, 0) is 16.4 Å². The number of benzene rings is 3. The van der Waals surface area contributed by atoms with Crippen molar-refractivity contribution in [1.29, 1.82) is 0 Å². The molecule has 3 aromatic carbocycles. The molecule has 0 amide bonds. The van der Waals surface area contributed by atoms with E-state index >= 15 is 0 Å². The standard InChI is InChI=1S/C28H33N5O4S/c1-20(29-13-14-38(3,34)35)17-30-26-15-24-25(16-27(26)36-2)31-19-32-28(24)33-22-9-11-23(12-10-22)37-18-21-7-5-4-6-8-21/h4-12,15-16,19-20,29-30H,13-14,17-18H2,1-3H3,(H,31,32,33). The molecule has 1 atom stereocenters. The maximum absolute atomic E-state index is 11.4. The number of hydrogen-bond acceptors (Lipinski definition) is 9. The Bertz CT molecular complexity index is 1450. The van der Waals surface area contributed by atoms with Crippen LogP contribution in [0.3, 0.4) is 0 Å². The van der Waals surface area contributed by atoms with Gasteiger partial charge >= 0.3 is 0 Å². The number of aromatic nitrogens is 2. The van der Waals surface area contributed by atoms with Gasteiger partial charge in [0.05, 0.1) is 24.1 Å². The number of anilines is 3. The Morgan fingerprint density at radius 2 is 1.76 bits per heavy atom. The summed E-state index contributed by atoms with van der Waals surface area (Å²) in [6.07, 6.45) is 2.75. The smallest absolute Gasteiger partial charge is 0.148 e. The lowest BCUT2D eigenvalue weighted by molar-refractivity contribution is 0.306. The van der Waals surface area contributed by atoms with Crippen LogP contribution in [0.4, 0.5) is 17.2 Å². The molecule has 1 heterocycles. The van der Waals surface area contributed by atoms with Gasteiger partial charge in [0, 0.05) is 42.5 Å². The molecule has 1 aromatic heterocycles. The van der Waals surface area contributed by atoms with E-state index in [4.69, 9.17) is 9.47 Å². The summed E-state index contributed by atoms with van der Waals surface area (Å²) in [5, 5.41) is 10.8. The van der Waals surface area contributed by atoms with Gasteiger partial charge in [0.1, 0.15) is 40.1 Å². The predicted octanol–water partition coefficient (Wildman–Crippen LogP) is 4.40. The number of nitrogens with zero attached hydrogens (tertiary/aromatic N) is 2. The van der Waals surface area contributed by atoms with Crippen LogP contribution in [0.2, 0.25) is 0 Å². The predicted molar refractivity (Wildman–Crippen MR) is 152 cm³/mol. The summed E-state index contributed by atoms with van der Waals surface area (Å²) in [5.74, 6) is 2.20. The van der Waals surface area contributed by atoms with Gasteiger partial charge in [0.2, 0.25) is 0 Å². The molecule has 9 nitrogen and oxygen atoms in total. The van der Waals surface area contributed by atoms with Gasteiger partial charge in [-0.2, -0.15) is 0 Å². The van der Waals surface area contributed by atoms with E-state index in [0.29, 0.717) is 31.3 Å². The first kappa shape index (κ1) is 27.2. The van der Waals surface area contributed by atoms with Gasteiger partial charge < -0.3 is 25.4 Å². The minimum absolute atomic E-state index is 0.0457. The highest BCUT2D eigenvalue weighted by Gasteiger charge is 2.12. The Morgan fingerprint density at radius 3 is 2.47 bits per heavy atom. The van der Waals surface area contributed by atoms with Gasteiger partial charge in [-0.1, -0.05) is 30.3 Å². The number of hydrogen-bond donors (Lipinski definition) is 3. The Hall–Kier alpha value is -3.89. The fraction of sp³-hybridized carbons (Fsp3) is 0.286. The zero-order valence-electron chi connectivity index (χ0n) is 21.8. The summed E-state index contributed by atoms with van der Waals surface area (Å²) < 4.78 is 34.2. The number of fused-ring (bicyclic) bond motifs is 1. The van der Waals surface area contributed by atoms with E-state index in [1.807, 2.05) is 73.7 Å². The van der Waals surface area contributed by atoms with Gasteiger partial charge in [-0.3, -0.25) is 0 Å². The first-order valence-electron chi connectivity index (χ1n) is 12.3. The van der Waals surface area contributed by atoms with Crippen molar-refractivity contribution in [2.75, 3.05) is 42.8 Å². The molecule has 4 rings (SSSR count). The molecule has 0 bridgehead atoms. The minimum atomic E-state index is -3.00. The molecular formula is C28H33N5O4S. The summed E-state index contributed by atoms with van der Waals surface area (Å²) >= 11 is 0. The van der Waals surface area contributed by atoms with Crippen molar-refractivity contribution in [1.82, 2.24) is 15.3 Å². The Morgan fingerprint density at radius 1 is 1.00 bits per heavy atom. The van der Waals surface area contributed by atoms with E-state index in [1.165, 1.54) is 12.6 Å². The van der Waals surface area contributed by atoms with Crippen LogP contribution in [0.15, 0.2) is 73.1 Å². The average molecular weight is 536 g/mol. The van der Waals surface area contributed by atoms with E-state index in [9.17, 15) is 8.42 Å². The van der Waals surface area contributed by atoms with Crippen LogP contribution < -0.4 is 25.4 Å². The van der Waals surface area contributed by atoms with Crippen molar-refractivity contribution in [3.8, 4) is 11.5 Å². The molecule has 0 spiro atoms. The van der Waals surface area contributed by atoms with Gasteiger partial charge in [0.25, 0.3) is 0 Å². The van der Waals surface area contributed by atoms with Crippen LogP contribution in [-0.4, -0.2) is 56.6 Å². The second-order valence-electron chi connectivity index (χ2n) is 9.08. The molecular weight excluding hydrogens is 502 g/mol. The van der Waals surface area contributed by atoms with Crippen molar-refractivity contribution < 1.29 is 17.9 Å². The van der Waals surface area contributed by atoms with E-state index in [2.05, 4.69) is 25.9 Å². The van der Waals surface area contributed by atoms with E-state index in [1.54, 1.807) is 7.11 Å². The van der Waals surface area contributed by atoms with Crippen LogP contribution in [0.5, 0.6) is 11.5 Å². The fourth-order valence-electron chi connectivity index (χ4n) is 3.83. The van der Waals surface area contributed by atoms with E-state index in [-0.39, 0.29) is 11.8 Å². The zero-order chi connectivity index (χ0) is 27.0. The molecule has 0 saturated carbocycles. The largest absolute Gasteiger partial charge is 0.495 e. The topological polar surface area (TPSA) is 114 Å². The summed E-state index contributed by atoms with van der Waals surface area (Å²) in [7, 11) is -1.39. The fourth-order valence-corrected chi connectivity index (χ4v) is 4.32. The number of sulfone groups is 1. The maximum Gasteiger partial charge on any atom is 0.148 e. The molecule has 4 aromatic rings. The number of ether oxygens (including phenoxy) is 2. The molecule has 1 unspecified atom stereocenters. The Balaban J connectivity index is 1.44. The second-order valence-corrected chi connectivity index (χ2v) is 11.3. The third-order valence-electron chi connectivity index (χ3n) is 5.89. The molecule has 0 aliphatic rings. The highest BCUT2D eigenvalue weighted by molar-refractivity contribution is 7.90. The molecule has 38 heavy (non-hydrogen) atoms. The normalized spacial score (nSPS) is 12.2. The number of nitrogens with one attached hydrogen (secondary N) is 3. The first-order valence-corrected chi connectivity index (χ1v) is 14.4. The van der Waals surface area contributed by atoms with Crippen LogP contribution >= 0.6 is 0 Å². The van der Waals surface area contributed by atoms with Gasteiger partial charge in [-0.15, -0.1) is 0 Å². The van der Waals surface area contributed by atoms with Crippen LogP contribution in [0.25, 0.3) is 10.9 Å². The molecule has 200 valence electrons. The van der Waals surface area contributed by atoms with Crippen molar-refractivity contribution >= 4 is 37.9 Å². The first-order chi connectivity index (χ1) is 18.3. The van der Waals surface area contributed by atoms with Gasteiger partial charge in [-0.25, -0.2) is 18.4 Å². The molecule has 0 fully saturated rings. The molecule has 10 heteroatoms. The quantitative estimate of drug-likeness (QED) is 0.229. The number of methoxy groups -OCH3 is 1. The molecule has 3 N–H and O–H groups in total. The second kappa shape index (κ2) is 12.6. The van der Waals surface area contributed by atoms with Crippen molar-refractivity contribution in [2.45, 2.75) is 19.6 Å². The van der Waals surface area contributed by atoms with Gasteiger partial charge in [0.15, 0.2) is 0 Å². The lowest BCUT2D eigenvalue weighted by Gasteiger charge is -2.18. The Labute approximate surface area is 223 Å². The molecule has 0 aliphatic carbocycles. The lowest BCUT2D eigenvalue weighted by atomic mass is 10.1. The third-order valence-corrected chi connectivity index (χ3v) is 6.83. The molecule has 0 saturated heterocycles. The monoisotopic (exact) mass is 535 g/mol. The Kier molecular flexibility index (Phi) is 8.98. The van der Waals surface area contributed by atoms with E-state index in [0.717, 1.165) is 33.6 Å². The average Bonchev–Trinajstić information content (AvgIpc) is 2.91. The summed E-state index contributed by atoms with van der Waals surface area (Å²) in [5.41, 5.74) is 3.51. The van der Waals surface area contributed by atoms with E-state index < -0.39 is 9.84 Å². The molecule has 0 aliphatic heterocycles. The third kappa shape index (κ3) is 7.80. The van der Waals surface area contributed by atoms with Crippen molar-refractivity contribution in [3.05, 3.63) is 78.6 Å². The summed E-state index contributed by atoms with van der Waals surface area (Å²) in [6.45, 7) is 3.47. The number of rotatable bonds is 13.